The SMILES string of the molecule is CCCCC[C@@H](C)NC(=O)CSc1nnc(-c2ccccc2OC)n1C. The van der Waals surface area contributed by atoms with Crippen LogP contribution in [0.15, 0.2) is 29.4 Å². The third-order valence-electron chi connectivity index (χ3n) is 4.16. The predicted octanol–water partition coefficient (Wildman–Crippen LogP) is 3.67. The first kappa shape index (κ1) is 20.3. The van der Waals surface area contributed by atoms with E-state index in [1.54, 1.807) is 7.11 Å². The number of nitrogens with one attached hydrogen (secondary N) is 1. The van der Waals surface area contributed by atoms with E-state index in [2.05, 4.69) is 29.4 Å². The average molecular weight is 377 g/mol. The lowest BCUT2D eigenvalue weighted by Crippen LogP contribution is -2.33. The molecule has 1 heterocycles. The quantitative estimate of drug-likeness (QED) is 0.506. The van der Waals surface area contributed by atoms with Gasteiger partial charge in [0.05, 0.1) is 18.4 Å². The Labute approximate surface area is 159 Å². The number of aromatic nitrogens is 3. The minimum absolute atomic E-state index is 0.0286. The van der Waals surface area contributed by atoms with Gasteiger partial charge >= 0.3 is 0 Å². The van der Waals surface area contributed by atoms with Crippen molar-refractivity contribution in [1.82, 2.24) is 20.1 Å². The van der Waals surface area contributed by atoms with Crippen molar-refractivity contribution in [3.63, 3.8) is 0 Å². The molecule has 1 amide bonds. The Morgan fingerprint density at radius 2 is 2.08 bits per heavy atom. The van der Waals surface area contributed by atoms with Crippen molar-refractivity contribution < 1.29 is 9.53 Å². The molecule has 0 bridgehead atoms. The van der Waals surface area contributed by atoms with Gasteiger partial charge in [0.1, 0.15) is 5.75 Å². The maximum atomic E-state index is 12.1. The minimum Gasteiger partial charge on any atom is -0.496 e. The molecule has 0 radical (unpaired) electrons. The van der Waals surface area contributed by atoms with E-state index in [4.69, 9.17) is 4.74 Å². The molecule has 0 aliphatic heterocycles. The Balaban J connectivity index is 1.93. The molecule has 0 aliphatic carbocycles. The standard InChI is InChI=1S/C19H28N4O2S/c1-5-6-7-10-14(2)20-17(24)13-26-19-22-21-18(23(19)3)15-11-8-9-12-16(15)25-4/h8-9,11-12,14H,5-7,10,13H2,1-4H3,(H,20,24)/t14-/m1/s1. The van der Waals surface area contributed by atoms with E-state index in [1.807, 2.05) is 35.9 Å². The summed E-state index contributed by atoms with van der Waals surface area (Å²) in [5.74, 6) is 1.83. The number of nitrogens with zero attached hydrogens (tertiary/aromatic N) is 3. The molecule has 1 aromatic heterocycles. The van der Waals surface area contributed by atoms with Gasteiger partial charge in [0.2, 0.25) is 5.91 Å². The molecule has 1 aromatic carbocycles. The minimum atomic E-state index is 0.0286. The summed E-state index contributed by atoms with van der Waals surface area (Å²) >= 11 is 1.39. The van der Waals surface area contributed by atoms with Crippen LogP contribution in [-0.2, 0) is 11.8 Å². The molecule has 7 heteroatoms. The van der Waals surface area contributed by atoms with Gasteiger partial charge in [-0.3, -0.25) is 4.79 Å². The summed E-state index contributed by atoms with van der Waals surface area (Å²) in [7, 11) is 3.53. The van der Waals surface area contributed by atoms with E-state index < -0.39 is 0 Å². The monoisotopic (exact) mass is 376 g/mol. The molecule has 1 atom stereocenters. The van der Waals surface area contributed by atoms with Crippen LogP contribution in [0.5, 0.6) is 5.75 Å². The summed E-state index contributed by atoms with van der Waals surface area (Å²) < 4.78 is 7.28. The van der Waals surface area contributed by atoms with Crippen LogP contribution in [0.25, 0.3) is 11.4 Å². The fraction of sp³-hybridized carbons (Fsp3) is 0.526. The van der Waals surface area contributed by atoms with E-state index in [0.717, 1.165) is 30.0 Å². The number of rotatable bonds is 10. The van der Waals surface area contributed by atoms with E-state index in [-0.39, 0.29) is 11.9 Å². The Morgan fingerprint density at radius 1 is 1.31 bits per heavy atom. The lowest BCUT2D eigenvalue weighted by molar-refractivity contribution is -0.119. The fourth-order valence-electron chi connectivity index (χ4n) is 2.72. The summed E-state index contributed by atoms with van der Waals surface area (Å²) in [4.78, 5) is 12.1. The summed E-state index contributed by atoms with van der Waals surface area (Å²) in [6.07, 6.45) is 4.57. The maximum Gasteiger partial charge on any atom is 0.230 e. The van der Waals surface area contributed by atoms with Crippen molar-refractivity contribution in [2.45, 2.75) is 50.7 Å². The molecular formula is C19H28N4O2S. The first-order valence-electron chi connectivity index (χ1n) is 9.01. The highest BCUT2D eigenvalue weighted by atomic mass is 32.2. The van der Waals surface area contributed by atoms with Crippen LogP contribution in [-0.4, -0.2) is 39.6 Å². The van der Waals surface area contributed by atoms with Gasteiger partial charge in [0.25, 0.3) is 0 Å². The molecular weight excluding hydrogens is 348 g/mol. The van der Waals surface area contributed by atoms with Crippen LogP contribution in [0, 0.1) is 0 Å². The molecule has 1 N–H and O–H groups in total. The largest absolute Gasteiger partial charge is 0.496 e. The van der Waals surface area contributed by atoms with Gasteiger partial charge in [-0.05, 0) is 25.5 Å². The van der Waals surface area contributed by atoms with Crippen molar-refractivity contribution in [3.05, 3.63) is 24.3 Å². The van der Waals surface area contributed by atoms with Crippen molar-refractivity contribution >= 4 is 17.7 Å². The molecule has 0 spiro atoms. The molecule has 142 valence electrons. The second-order valence-corrected chi connectivity index (χ2v) is 7.26. The Morgan fingerprint density at radius 3 is 2.81 bits per heavy atom. The smallest absolute Gasteiger partial charge is 0.230 e. The van der Waals surface area contributed by atoms with E-state index in [9.17, 15) is 4.79 Å². The van der Waals surface area contributed by atoms with Crippen LogP contribution in [0.2, 0.25) is 0 Å². The third-order valence-corrected chi connectivity index (χ3v) is 5.18. The summed E-state index contributed by atoms with van der Waals surface area (Å²) in [6.45, 7) is 4.24. The molecule has 0 saturated heterocycles. The number of methoxy groups -OCH3 is 1. The molecule has 2 aromatic rings. The summed E-state index contributed by atoms with van der Waals surface area (Å²) in [6, 6.07) is 7.90. The Bertz CT molecular complexity index is 717. The molecule has 2 rings (SSSR count). The number of hydrogen-bond donors (Lipinski definition) is 1. The van der Waals surface area contributed by atoms with Crippen LogP contribution in [0.4, 0.5) is 0 Å². The van der Waals surface area contributed by atoms with E-state index in [0.29, 0.717) is 10.9 Å². The van der Waals surface area contributed by atoms with Gasteiger partial charge in [-0.15, -0.1) is 10.2 Å². The first-order valence-corrected chi connectivity index (χ1v) is 10.00. The molecule has 26 heavy (non-hydrogen) atoms. The number of ether oxygens (including phenoxy) is 1. The van der Waals surface area contributed by atoms with Crippen LogP contribution in [0.3, 0.4) is 0 Å². The van der Waals surface area contributed by atoms with Crippen LogP contribution in [0.1, 0.15) is 39.5 Å². The van der Waals surface area contributed by atoms with Crippen molar-refractivity contribution in [3.8, 4) is 17.1 Å². The summed E-state index contributed by atoms with van der Waals surface area (Å²) in [5, 5.41) is 12.2. The average Bonchev–Trinajstić information content (AvgIpc) is 3.00. The van der Waals surface area contributed by atoms with Crippen molar-refractivity contribution in [2.75, 3.05) is 12.9 Å². The second-order valence-electron chi connectivity index (χ2n) is 6.32. The van der Waals surface area contributed by atoms with Crippen molar-refractivity contribution in [1.29, 1.82) is 0 Å². The molecule has 0 saturated carbocycles. The number of para-hydroxylation sites is 1. The topological polar surface area (TPSA) is 69.0 Å². The number of thioether (sulfide) groups is 1. The predicted molar refractivity (Wildman–Crippen MR) is 105 cm³/mol. The van der Waals surface area contributed by atoms with Gasteiger partial charge in [-0.1, -0.05) is 50.1 Å². The molecule has 0 aliphatic rings. The number of carbonyl (C=O) groups is 1. The van der Waals surface area contributed by atoms with Gasteiger partial charge in [-0.25, -0.2) is 0 Å². The number of unbranched alkanes of at least 4 members (excludes halogenated alkanes) is 2. The fourth-order valence-corrected chi connectivity index (χ4v) is 3.45. The van der Waals surface area contributed by atoms with Crippen LogP contribution >= 0.6 is 11.8 Å². The van der Waals surface area contributed by atoms with E-state index >= 15 is 0 Å². The summed E-state index contributed by atoms with van der Waals surface area (Å²) in [5.41, 5.74) is 0.880. The van der Waals surface area contributed by atoms with Gasteiger partial charge in [0.15, 0.2) is 11.0 Å². The van der Waals surface area contributed by atoms with Gasteiger partial charge in [0, 0.05) is 13.1 Å². The zero-order chi connectivity index (χ0) is 18.9. The van der Waals surface area contributed by atoms with Gasteiger partial charge < -0.3 is 14.6 Å². The molecule has 6 nitrogen and oxygen atoms in total. The number of carbonyl (C=O) groups excluding carboxylic acids is 1. The normalized spacial score (nSPS) is 12.0. The second kappa shape index (κ2) is 10.2. The number of amides is 1. The lowest BCUT2D eigenvalue weighted by Gasteiger charge is -2.13. The Hall–Kier alpha value is -2.02. The van der Waals surface area contributed by atoms with E-state index in [1.165, 1.54) is 24.6 Å². The highest BCUT2D eigenvalue weighted by molar-refractivity contribution is 7.99. The number of benzene rings is 1. The number of hydrogen-bond acceptors (Lipinski definition) is 5. The third kappa shape index (κ3) is 5.49. The first-order chi connectivity index (χ1) is 12.6. The molecule has 0 unspecified atom stereocenters. The zero-order valence-electron chi connectivity index (χ0n) is 16.0. The maximum absolute atomic E-state index is 12.1. The molecule has 0 fully saturated rings. The van der Waals surface area contributed by atoms with Crippen LogP contribution < -0.4 is 10.1 Å². The van der Waals surface area contributed by atoms with Gasteiger partial charge in [-0.2, -0.15) is 0 Å². The van der Waals surface area contributed by atoms with Crippen molar-refractivity contribution in [2.24, 2.45) is 7.05 Å². The zero-order valence-corrected chi connectivity index (χ0v) is 16.8. The highest BCUT2D eigenvalue weighted by Gasteiger charge is 2.16. The highest BCUT2D eigenvalue weighted by Crippen LogP contribution is 2.29. The Kier molecular flexibility index (Phi) is 7.97. The lowest BCUT2D eigenvalue weighted by atomic mass is 10.1.